The molecule has 0 saturated carbocycles. The highest BCUT2D eigenvalue weighted by Crippen LogP contribution is 2.17. The van der Waals surface area contributed by atoms with E-state index in [1.165, 1.54) is 30.0 Å². The number of aliphatic imine (C=N–C) groups is 1. The average molecular weight is 400 g/mol. The second kappa shape index (κ2) is 10.6. The normalized spacial score (nSPS) is 17.8. The van der Waals surface area contributed by atoms with Crippen LogP contribution in [0.2, 0.25) is 0 Å². The molecule has 2 N–H and O–H groups in total. The molecular weight excluding hydrogens is 366 g/mol. The average Bonchev–Trinajstić information content (AvgIpc) is 3.29. The largest absolute Gasteiger partial charge is 0.357 e. The monoisotopic (exact) mass is 399 g/mol. The summed E-state index contributed by atoms with van der Waals surface area (Å²) in [5, 5.41) is 7.98. The van der Waals surface area contributed by atoms with Gasteiger partial charge in [-0.25, -0.2) is 9.98 Å². The molecule has 1 fully saturated rings. The molecule has 2 aromatic rings. The molecule has 0 radical (unpaired) electrons. The molecule has 152 valence electrons. The molecular formula is C22H33N5S. The van der Waals surface area contributed by atoms with Crippen LogP contribution in [0.15, 0.2) is 35.3 Å². The molecule has 6 heteroatoms. The van der Waals surface area contributed by atoms with E-state index in [4.69, 9.17) is 4.99 Å². The molecule has 5 nitrogen and oxygen atoms in total. The molecule has 28 heavy (non-hydrogen) atoms. The Morgan fingerprint density at radius 1 is 1.25 bits per heavy atom. The van der Waals surface area contributed by atoms with Crippen molar-refractivity contribution in [1.82, 2.24) is 20.5 Å². The summed E-state index contributed by atoms with van der Waals surface area (Å²) in [6, 6.07) is 10.8. The second-order valence-electron chi connectivity index (χ2n) is 7.52. The lowest BCUT2D eigenvalue weighted by Gasteiger charge is -2.17. The van der Waals surface area contributed by atoms with Crippen molar-refractivity contribution in [2.45, 2.75) is 40.2 Å². The molecule has 1 aliphatic heterocycles. The van der Waals surface area contributed by atoms with Gasteiger partial charge in [-0.1, -0.05) is 30.3 Å². The highest BCUT2D eigenvalue weighted by Gasteiger charge is 2.22. The van der Waals surface area contributed by atoms with E-state index >= 15 is 0 Å². The summed E-state index contributed by atoms with van der Waals surface area (Å²) < 4.78 is 0. The van der Waals surface area contributed by atoms with Gasteiger partial charge in [0, 0.05) is 31.1 Å². The Balaban J connectivity index is 1.42. The first-order valence-electron chi connectivity index (χ1n) is 10.4. The van der Waals surface area contributed by atoms with Crippen LogP contribution in [-0.2, 0) is 13.0 Å². The third-order valence-electron chi connectivity index (χ3n) is 5.28. The summed E-state index contributed by atoms with van der Waals surface area (Å²) in [5.74, 6) is 1.58. The number of guanidine groups is 1. The van der Waals surface area contributed by atoms with Crippen molar-refractivity contribution in [3.63, 3.8) is 0 Å². The Hall–Kier alpha value is -1.92. The number of rotatable bonds is 8. The van der Waals surface area contributed by atoms with E-state index in [1.807, 2.05) is 0 Å². The van der Waals surface area contributed by atoms with Gasteiger partial charge in [0.15, 0.2) is 5.96 Å². The molecule has 1 aliphatic rings. The minimum Gasteiger partial charge on any atom is -0.357 e. The van der Waals surface area contributed by atoms with E-state index in [9.17, 15) is 0 Å². The Bertz CT molecular complexity index is 736. The number of aromatic nitrogens is 1. The smallest absolute Gasteiger partial charge is 0.191 e. The lowest BCUT2D eigenvalue weighted by molar-refractivity contribution is 0.328. The van der Waals surface area contributed by atoms with Gasteiger partial charge in [0.25, 0.3) is 0 Å². The topological polar surface area (TPSA) is 52.6 Å². The summed E-state index contributed by atoms with van der Waals surface area (Å²) in [4.78, 5) is 13.2. The molecule has 1 aromatic heterocycles. The van der Waals surface area contributed by atoms with E-state index in [0.29, 0.717) is 12.5 Å². The van der Waals surface area contributed by atoms with Crippen molar-refractivity contribution in [3.8, 4) is 0 Å². The van der Waals surface area contributed by atoms with Gasteiger partial charge < -0.3 is 15.5 Å². The van der Waals surface area contributed by atoms with E-state index in [0.717, 1.165) is 42.7 Å². The molecule has 1 saturated heterocycles. The summed E-state index contributed by atoms with van der Waals surface area (Å²) in [6.45, 7) is 12.3. The molecule has 0 bridgehead atoms. The lowest BCUT2D eigenvalue weighted by atomic mass is 10.1. The summed E-state index contributed by atoms with van der Waals surface area (Å²) >= 11 is 1.74. The van der Waals surface area contributed by atoms with Crippen molar-refractivity contribution in [3.05, 3.63) is 51.5 Å². The maximum atomic E-state index is 4.72. The summed E-state index contributed by atoms with van der Waals surface area (Å²) in [6.07, 6.45) is 2.39. The molecule has 3 rings (SSSR count). The van der Waals surface area contributed by atoms with Crippen molar-refractivity contribution in [1.29, 1.82) is 0 Å². The third-order valence-corrected chi connectivity index (χ3v) is 6.33. The van der Waals surface area contributed by atoms with Gasteiger partial charge in [-0.3, -0.25) is 0 Å². The maximum Gasteiger partial charge on any atom is 0.191 e. The number of thiazole rings is 1. The molecule has 0 amide bonds. The highest BCUT2D eigenvalue weighted by molar-refractivity contribution is 7.11. The van der Waals surface area contributed by atoms with Crippen LogP contribution in [0.4, 0.5) is 0 Å². The van der Waals surface area contributed by atoms with E-state index < -0.39 is 0 Å². The Labute approximate surface area is 173 Å². The van der Waals surface area contributed by atoms with Gasteiger partial charge in [0.1, 0.15) is 5.01 Å². The van der Waals surface area contributed by atoms with Gasteiger partial charge in [0.2, 0.25) is 0 Å². The van der Waals surface area contributed by atoms with Crippen LogP contribution < -0.4 is 10.6 Å². The molecule has 0 spiro atoms. The zero-order valence-electron chi connectivity index (χ0n) is 17.4. The minimum absolute atomic E-state index is 0.641. The number of nitrogens with one attached hydrogen (secondary N) is 2. The van der Waals surface area contributed by atoms with Gasteiger partial charge >= 0.3 is 0 Å². The Morgan fingerprint density at radius 3 is 2.79 bits per heavy atom. The maximum absolute atomic E-state index is 4.72. The fraction of sp³-hybridized carbons (Fsp3) is 0.545. The first-order chi connectivity index (χ1) is 13.6. The van der Waals surface area contributed by atoms with Crippen molar-refractivity contribution >= 4 is 17.3 Å². The fourth-order valence-corrected chi connectivity index (χ4v) is 4.41. The predicted molar refractivity (Wildman–Crippen MR) is 119 cm³/mol. The van der Waals surface area contributed by atoms with E-state index in [2.05, 4.69) is 71.6 Å². The van der Waals surface area contributed by atoms with Crippen LogP contribution in [0, 0.1) is 19.8 Å². The first kappa shape index (κ1) is 20.8. The van der Waals surface area contributed by atoms with E-state index in [1.54, 1.807) is 11.3 Å². The summed E-state index contributed by atoms with van der Waals surface area (Å²) in [7, 11) is 0. The van der Waals surface area contributed by atoms with Crippen LogP contribution in [0.1, 0.15) is 34.5 Å². The number of hydrogen-bond acceptors (Lipinski definition) is 4. The highest BCUT2D eigenvalue weighted by atomic mass is 32.1. The van der Waals surface area contributed by atoms with Gasteiger partial charge in [-0.15, -0.1) is 11.3 Å². The molecule has 2 heterocycles. The van der Waals surface area contributed by atoms with Gasteiger partial charge in [-0.2, -0.15) is 0 Å². The number of aryl methyl sites for hydroxylation is 2. The number of nitrogens with zero attached hydrogens (tertiary/aromatic N) is 3. The fourth-order valence-electron chi connectivity index (χ4n) is 3.55. The Morgan fingerprint density at radius 2 is 2.07 bits per heavy atom. The Kier molecular flexibility index (Phi) is 7.86. The molecule has 1 unspecified atom stereocenters. The molecule has 1 atom stereocenters. The van der Waals surface area contributed by atoms with E-state index in [-0.39, 0.29) is 0 Å². The van der Waals surface area contributed by atoms with Crippen LogP contribution >= 0.6 is 11.3 Å². The second-order valence-corrected chi connectivity index (χ2v) is 8.80. The number of benzene rings is 1. The van der Waals surface area contributed by atoms with Crippen molar-refractivity contribution < 1.29 is 0 Å². The SMILES string of the molecule is CCNC(=NCc1nc(C)c(C)s1)NCC1CCN(CCc2ccccc2)C1. The van der Waals surface area contributed by atoms with Crippen LogP contribution in [0.5, 0.6) is 0 Å². The standard InChI is InChI=1S/C22H33N5S/c1-4-23-22(25-15-21-26-17(2)18(3)28-21)24-14-20-11-13-27(16-20)12-10-19-8-6-5-7-9-19/h5-9,20H,4,10-16H2,1-3H3,(H2,23,24,25). The molecule has 0 aliphatic carbocycles. The zero-order chi connectivity index (χ0) is 19.8. The van der Waals surface area contributed by atoms with Crippen molar-refractivity contribution in [2.75, 3.05) is 32.7 Å². The summed E-state index contributed by atoms with van der Waals surface area (Å²) in [5.41, 5.74) is 2.55. The van der Waals surface area contributed by atoms with Crippen molar-refractivity contribution in [2.24, 2.45) is 10.9 Å². The van der Waals surface area contributed by atoms with Crippen LogP contribution in [0.3, 0.4) is 0 Å². The lowest BCUT2D eigenvalue weighted by Crippen LogP contribution is -2.40. The zero-order valence-corrected chi connectivity index (χ0v) is 18.2. The third kappa shape index (κ3) is 6.31. The quantitative estimate of drug-likeness (QED) is 0.528. The van der Waals surface area contributed by atoms with Crippen LogP contribution in [-0.4, -0.2) is 48.6 Å². The van der Waals surface area contributed by atoms with Gasteiger partial charge in [-0.05, 0) is 51.6 Å². The minimum atomic E-state index is 0.641. The first-order valence-corrected chi connectivity index (χ1v) is 11.2. The number of likely N-dealkylation sites (tertiary alicyclic amines) is 1. The molecule has 1 aromatic carbocycles. The predicted octanol–water partition coefficient (Wildman–Crippen LogP) is 3.38. The van der Waals surface area contributed by atoms with Crippen LogP contribution in [0.25, 0.3) is 0 Å². The number of hydrogen-bond donors (Lipinski definition) is 2. The van der Waals surface area contributed by atoms with Gasteiger partial charge in [0.05, 0.1) is 12.2 Å².